The lowest BCUT2D eigenvalue weighted by atomic mass is 10.4. The number of hydrogen-bond acceptors (Lipinski definition) is 4. The van der Waals surface area contributed by atoms with Crippen LogP contribution in [0.1, 0.15) is 5.56 Å². The third-order valence-electron chi connectivity index (χ3n) is 1.77. The average molecular weight is 189 g/mol. The number of nitrogens with zero attached hydrogens (tertiary/aromatic N) is 4. The molecule has 0 unspecified atom stereocenters. The smallest absolute Gasteiger partial charge is 0.222 e. The zero-order chi connectivity index (χ0) is 9.80. The molecule has 0 aromatic carbocycles. The highest BCUT2D eigenvalue weighted by Gasteiger charge is 1.96. The highest BCUT2D eigenvalue weighted by molar-refractivity contribution is 5.24. The average Bonchev–Trinajstić information content (AvgIpc) is 2.63. The summed E-state index contributed by atoms with van der Waals surface area (Å²) < 4.78 is 1.77. The van der Waals surface area contributed by atoms with Crippen LogP contribution in [0, 0.1) is 0 Å². The topological polar surface area (TPSA) is 55.6 Å². The quantitative estimate of drug-likeness (QED) is 0.776. The second kappa shape index (κ2) is 3.87. The molecule has 0 fully saturated rings. The minimum Gasteiger partial charge on any atom is -0.350 e. The lowest BCUT2D eigenvalue weighted by molar-refractivity contribution is 0.767. The van der Waals surface area contributed by atoms with E-state index in [1.807, 2.05) is 19.4 Å². The molecule has 0 radical (unpaired) electrons. The van der Waals surface area contributed by atoms with Gasteiger partial charge in [-0.05, 0) is 6.07 Å². The molecule has 0 aliphatic heterocycles. The lowest BCUT2D eigenvalue weighted by Crippen LogP contribution is -2.01. The van der Waals surface area contributed by atoms with Crippen LogP contribution in [0.2, 0.25) is 0 Å². The van der Waals surface area contributed by atoms with Gasteiger partial charge in [-0.25, -0.2) is 9.97 Å². The van der Waals surface area contributed by atoms with Crippen molar-refractivity contribution >= 4 is 5.95 Å². The Labute approximate surface area is 81.8 Å². The van der Waals surface area contributed by atoms with Crippen molar-refractivity contribution < 1.29 is 0 Å². The minimum absolute atomic E-state index is 0.636. The summed E-state index contributed by atoms with van der Waals surface area (Å²) in [6.45, 7) is 0.692. The molecule has 5 nitrogen and oxygen atoms in total. The van der Waals surface area contributed by atoms with E-state index < -0.39 is 0 Å². The van der Waals surface area contributed by atoms with E-state index in [0.717, 1.165) is 5.56 Å². The number of aromatic nitrogens is 4. The zero-order valence-electron chi connectivity index (χ0n) is 7.88. The van der Waals surface area contributed by atoms with Gasteiger partial charge in [0, 0.05) is 37.7 Å². The summed E-state index contributed by atoms with van der Waals surface area (Å²) in [6.07, 6.45) is 7.18. The Kier molecular flexibility index (Phi) is 2.40. The van der Waals surface area contributed by atoms with Crippen LogP contribution < -0.4 is 5.32 Å². The van der Waals surface area contributed by atoms with Gasteiger partial charge in [0.2, 0.25) is 5.95 Å². The van der Waals surface area contributed by atoms with E-state index in [0.29, 0.717) is 12.5 Å². The molecule has 0 atom stereocenters. The maximum atomic E-state index is 4.06. The molecule has 2 aromatic heterocycles. The molecule has 2 heterocycles. The number of nitrogens with one attached hydrogen (secondary N) is 1. The predicted octanol–water partition coefficient (Wildman–Crippen LogP) is 0.822. The Balaban J connectivity index is 1.95. The molecule has 0 bridgehead atoms. The van der Waals surface area contributed by atoms with E-state index in [-0.39, 0.29) is 0 Å². The van der Waals surface area contributed by atoms with E-state index in [2.05, 4.69) is 20.4 Å². The molecule has 0 saturated carbocycles. The van der Waals surface area contributed by atoms with E-state index >= 15 is 0 Å². The predicted molar refractivity (Wildman–Crippen MR) is 52.6 cm³/mol. The molecule has 2 rings (SSSR count). The van der Waals surface area contributed by atoms with Crippen LogP contribution in [-0.4, -0.2) is 19.7 Å². The monoisotopic (exact) mass is 189 g/mol. The summed E-state index contributed by atoms with van der Waals surface area (Å²) in [6, 6.07) is 1.79. The molecule has 5 heteroatoms. The first-order chi connectivity index (χ1) is 6.84. The lowest BCUT2D eigenvalue weighted by Gasteiger charge is -2.00. The minimum atomic E-state index is 0.636. The van der Waals surface area contributed by atoms with E-state index in [1.165, 1.54) is 0 Å². The highest BCUT2D eigenvalue weighted by Crippen LogP contribution is 2.00. The van der Waals surface area contributed by atoms with Gasteiger partial charge in [0.15, 0.2) is 0 Å². The summed E-state index contributed by atoms with van der Waals surface area (Å²) in [5.74, 6) is 0.636. The van der Waals surface area contributed by atoms with Gasteiger partial charge < -0.3 is 5.32 Å². The molecule has 0 spiro atoms. The van der Waals surface area contributed by atoms with Gasteiger partial charge in [0.05, 0.1) is 6.20 Å². The zero-order valence-corrected chi connectivity index (χ0v) is 7.88. The van der Waals surface area contributed by atoms with Crippen LogP contribution in [0.5, 0.6) is 0 Å². The summed E-state index contributed by atoms with van der Waals surface area (Å²) in [5.41, 5.74) is 1.11. The molecule has 2 aromatic rings. The van der Waals surface area contributed by atoms with Crippen molar-refractivity contribution in [1.82, 2.24) is 19.7 Å². The molecule has 1 N–H and O–H groups in total. The van der Waals surface area contributed by atoms with Gasteiger partial charge in [-0.2, -0.15) is 5.10 Å². The summed E-state index contributed by atoms with van der Waals surface area (Å²) >= 11 is 0. The summed E-state index contributed by atoms with van der Waals surface area (Å²) in [4.78, 5) is 8.10. The summed E-state index contributed by atoms with van der Waals surface area (Å²) in [7, 11) is 1.89. The van der Waals surface area contributed by atoms with Crippen LogP contribution in [-0.2, 0) is 13.6 Å². The van der Waals surface area contributed by atoms with Crippen molar-refractivity contribution in [1.29, 1.82) is 0 Å². The first-order valence-electron chi connectivity index (χ1n) is 4.33. The molecule has 0 amide bonds. The van der Waals surface area contributed by atoms with Gasteiger partial charge in [-0.1, -0.05) is 0 Å². The van der Waals surface area contributed by atoms with E-state index in [4.69, 9.17) is 0 Å². The van der Waals surface area contributed by atoms with Crippen molar-refractivity contribution in [2.24, 2.45) is 7.05 Å². The van der Waals surface area contributed by atoms with Crippen LogP contribution in [0.25, 0.3) is 0 Å². The number of anilines is 1. The van der Waals surface area contributed by atoms with Crippen LogP contribution in [0.4, 0.5) is 5.95 Å². The molecule has 0 aliphatic carbocycles. The molecular weight excluding hydrogens is 178 g/mol. The van der Waals surface area contributed by atoms with Gasteiger partial charge in [-0.15, -0.1) is 0 Å². The van der Waals surface area contributed by atoms with E-state index in [9.17, 15) is 0 Å². The number of hydrogen-bond donors (Lipinski definition) is 1. The maximum Gasteiger partial charge on any atom is 0.222 e. The molecule has 14 heavy (non-hydrogen) atoms. The van der Waals surface area contributed by atoms with Crippen molar-refractivity contribution in [3.8, 4) is 0 Å². The van der Waals surface area contributed by atoms with Crippen LogP contribution >= 0.6 is 0 Å². The second-order valence-electron chi connectivity index (χ2n) is 2.95. The summed E-state index contributed by atoms with van der Waals surface area (Å²) in [5, 5.41) is 7.16. The van der Waals surface area contributed by atoms with Gasteiger partial charge in [-0.3, -0.25) is 4.68 Å². The fourth-order valence-electron chi connectivity index (χ4n) is 1.13. The Morgan fingerprint density at radius 2 is 2.14 bits per heavy atom. The highest BCUT2D eigenvalue weighted by atomic mass is 15.2. The Morgan fingerprint density at radius 1 is 1.36 bits per heavy atom. The fourth-order valence-corrected chi connectivity index (χ4v) is 1.13. The normalized spacial score (nSPS) is 10.1. The first kappa shape index (κ1) is 8.68. The molecular formula is C9H11N5. The van der Waals surface area contributed by atoms with Crippen molar-refractivity contribution in [3.63, 3.8) is 0 Å². The standard InChI is InChI=1S/C9H11N5/c1-14-7-8(6-13-14)5-12-9-10-3-2-4-11-9/h2-4,6-7H,5H2,1H3,(H,10,11,12). The third-order valence-corrected chi connectivity index (χ3v) is 1.77. The van der Waals surface area contributed by atoms with E-state index in [1.54, 1.807) is 23.1 Å². The van der Waals surface area contributed by atoms with Gasteiger partial charge in [0.25, 0.3) is 0 Å². The van der Waals surface area contributed by atoms with Crippen molar-refractivity contribution in [2.45, 2.75) is 6.54 Å². The van der Waals surface area contributed by atoms with Gasteiger partial charge in [0.1, 0.15) is 0 Å². The first-order valence-corrected chi connectivity index (χ1v) is 4.33. The Morgan fingerprint density at radius 3 is 2.79 bits per heavy atom. The Bertz CT molecular complexity index is 395. The third kappa shape index (κ3) is 2.07. The molecule has 0 aliphatic rings. The second-order valence-corrected chi connectivity index (χ2v) is 2.95. The Hall–Kier alpha value is -1.91. The SMILES string of the molecule is Cn1cc(CNc2ncccn2)cn1. The largest absolute Gasteiger partial charge is 0.350 e. The van der Waals surface area contributed by atoms with Crippen molar-refractivity contribution in [3.05, 3.63) is 36.4 Å². The van der Waals surface area contributed by atoms with Gasteiger partial charge >= 0.3 is 0 Å². The van der Waals surface area contributed by atoms with Crippen molar-refractivity contribution in [2.75, 3.05) is 5.32 Å². The van der Waals surface area contributed by atoms with Crippen LogP contribution in [0.3, 0.4) is 0 Å². The van der Waals surface area contributed by atoms with Crippen LogP contribution in [0.15, 0.2) is 30.9 Å². The molecule has 72 valence electrons. The fraction of sp³-hybridized carbons (Fsp3) is 0.222. The molecule has 0 saturated heterocycles. The maximum absolute atomic E-state index is 4.06. The number of rotatable bonds is 3. The number of aryl methyl sites for hydroxylation is 1.